The highest BCUT2D eigenvalue weighted by molar-refractivity contribution is 6.30. The average Bonchev–Trinajstić information content (AvgIpc) is 2.75. The number of nitrogens with one attached hydrogen (secondary N) is 1. The van der Waals surface area contributed by atoms with Crippen LogP contribution in [0.15, 0.2) is 36.7 Å². The summed E-state index contributed by atoms with van der Waals surface area (Å²) in [4.78, 5) is 25.8. The van der Waals surface area contributed by atoms with Crippen molar-refractivity contribution in [3.05, 3.63) is 47.4 Å². The van der Waals surface area contributed by atoms with Crippen LogP contribution < -0.4 is 15.1 Å². The van der Waals surface area contributed by atoms with Crippen molar-refractivity contribution >= 4 is 29.0 Å². The van der Waals surface area contributed by atoms with E-state index in [2.05, 4.69) is 31.2 Å². The summed E-state index contributed by atoms with van der Waals surface area (Å²) in [6.45, 7) is 3.50. The quantitative estimate of drug-likeness (QED) is 0.852. The maximum Gasteiger partial charge on any atom is 0.271 e. The largest absolute Gasteiger partial charge is 0.368 e. The molecular formula is C21H26ClN5O. The molecule has 0 radical (unpaired) electrons. The molecule has 2 heterocycles. The Morgan fingerprint density at radius 2 is 1.75 bits per heavy atom. The molecule has 148 valence electrons. The second kappa shape index (κ2) is 8.78. The van der Waals surface area contributed by atoms with Crippen LogP contribution in [0.4, 0.5) is 11.5 Å². The second-order valence-electron chi connectivity index (χ2n) is 7.52. The lowest BCUT2D eigenvalue weighted by Crippen LogP contribution is -2.47. The highest BCUT2D eigenvalue weighted by Crippen LogP contribution is 2.22. The van der Waals surface area contributed by atoms with Crippen LogP contribution in [-0.4, -0.2) is 48.1 Å². The molecule has 1 N–H and O–H groups in total. The Hall–Kier alpha value is -2.34. The van der Waals surface area contributed by atoms with Gasteiger partial charge in [-0.1, -0.05) is 36.9 Å². The Bertz CT molecular complexity index is 799. The summed E-state index contributed by atoms with van der Waals surface area (Å²) in [5, 5.41) is 3.85. The number of nitrogens with zero attached hydrogens (tertiary/aromatic N) is 4. The van der Waals surface area contributed by atoms with Gasteiger partial charge in [-0.05, 0) is 31.0 Å². The minimum Gasteiger partial charge on any atom is -0.368 e. The van der Waals surface area contributed by atoms with Crippen LogP contribution in [0.5, 0.6) is 0 Å². The molecule has 28 heavy (non-hydrogen) atoms. The fourth-order valence-electron chi connectivity index (χ4n) is 3.97. The number of hydrogen-bond acceptors (Lipinski definition) is 5. The highest BCUT2D eigenvalue weighted by Gasteiger charge is 2.20. The predicted octanol–water partition coefficient (Wildman–Crippen LogP) is 3.52. The van der Waals surface area contributed by atoms with Crippen LogP contribution in [-0.2, 0) is 0 Å². The van der Waals surface area contributed by atoms with E-state index < -0.39 is 0 Å². The number of aromatic nitrogens is 2. The summed E-state index contributed by atoms with van der Waals surface area (Å²) in [6.07, 6.45) is 9.09. The predicted molar refractivity (Wildman–Crippen MR) is 112 cm³/mol. The van der Waals surface area contributed by atoms with E-state index in [1.165, 1.54) is 19.3 Å². The molecule has 1 saturated heterocycles. The van der Waals surface area contributed by atoms with Crippen molar-refractivity contribution < 1.29 is 4.79 Å². The van der Waals surface area contributed by atoms with Gasteiger partial charge in [0.05, 0.1) is 12.4 Å². The summed E-state index contributed by atoms with van der Waals surface area (Å²) >= 11 is 6.10. The standard InChI is InChI=1S/C21H26ClN5O/c22-16-5-4-8-18(13-16)26-9-11-27(12-10-26)20-15-23-19(14-24-20)21(28)25-17-6-2-1-3-7-17/h4-5,8,13-15,17H,1-3,6-7,9-12H2,(H,25,28). The molecule has 1 saturated carbocycles. The molecule has 7 heteroatoms. The van der Waals surface area contributed by atoms with Crippen molar-refractivity contribution in [1.82, 2.24) is 15.3 Å². The van der Waals surface area contributed by atoms with Crippen LogP contribution in [0.3, 0.4) is 0 Å². The second-order valence-corrected chi connectivity index (χ2v) is 7.96. The van der Waals surface area contributed by atoms with Gasteiger partial charge < -0.3 is 15.1 Å². The van der Waals surface area contributed by atoms with E-state index in [-0.39, 0.29) is 11.9 Å². The summed E-state index contributed by atoms with van der Waals surface area (Å²) in [5.74, 6) is 0.705. The maximum absolute atomic E-state index is 12.4. The summed E-state index contributed by atoms with van der Waals surface area (Å²) in [6, 6.07) is 8.23. The zero-order chi connectivity index (χ0) is 19.3. The Morgan fingerprint density at radius 3 is 2.43 bits per heavy atom. The van der Waals surface area contributed by atoms with E-state index in [1.54, 1.807) is 12.4 Å². The molecule has 2 aliphatic rings. The molecule has 0 bridgehead atoms. The van der Waals surface area contributed by atoms with E-state index in [1.807, 2.05) is 18.2 Å². The third kappa shape index (κ3) is 4.55. The number of benzene rings is 1. The van der Waals surface area contributed by atoms with Gasteiger partial charge in [0.2, 0.25) is 0 Å². The molecule has 6 nitrogen and oxygen atoms in total. The summed E-state index contributed by atoms with van der Waals surface area (Å²) in [7, 11) is 0. The fraction of sp³-hybridized carbons (Fsp3) is 0.476. The first-order valence-corrected chi connectivity index (χ1v) is 10.5. The Morgan fingerprint density at radius 1 is 1.00 bits per heavy atom. The first kappa shape index (κ1) is 19.0. The van der Waals surface area contributed by atoms with Crippen LogP contribution in [0.2, 0.25) is 5.02 Å². The Kier molecular flexibility index (Phi) is 5.95. The SMILES string of the molecule is O=C(NC1CCCCC1)c1cnc(N2CCN(c3cccc(Cl)c3)CC2)cn1. The average molecular weight is 400 g/mol. The van der Waals surface area contributed by atoms with Crippen LogP contribution in [0.1, 0.15) is 42.6 Å². The van der Waals surface area contributed by atoms with E-state index in [4.69, 9.17) is 11.6 Å². The van der Waals surface area contributed by atoms with Crippen LogP contribution in [0, 0.1) is 0 Å². The Labute approximate surface area is 170 Å². The van der Waals surface area contributed by atoms with Crippen molar-refractivity contribution in [2.75, 3.05) is 36.0 Å². The van der Waals surface area contributed by atoms with Gasteiger partial charge in [-0.15, -0.1) is 0 Å². The molecular weight excluding hydrogens is 374 g/mol. The van der Waals surface area contributed by atoms with Gasteiger partial charge in [0.15, 0.2) is 0 Å². The molecule has 1 aromatic heterocycles. The first-order chi connectivity index (χ1) is 13.7. The summed E-state index contributed by atoms with van der Waals surface area (Å²) in [5.41, 5.74) is 1.54. The number of carbonyl (C=O) groups is 1. The molecule has 4 rings (SSSR count). The van der Waals surface area contributed by atoms with Gasteiger partial charge in [0, 0.05) is 42.9 Å². The van der Waals surface area contributed by atoms with Crippen molar-refractivity contribution in [3.8, 4) is 0 Å². The molecule has 0 spiro atoms. The van der Waals surface area contributed by atoms with Gasteiger partial charge in [-0.2, -0.15) is 0 Å². The van der Waals surface area contributed by atoms with E-state index in [0.29, 0.717) is 5.69 Å². The molecule has 1 aromatic carbocycles. The smallest absolute Gasteiger partial charge is 0.271 e. The van der Waals surface area contributed by atoms with Gasteiger partial charge >= 0.3 is 0 Å². The topological polar surface area (TPSA) is 61.4 Å². The molecule has 2 fully saturated rings. The lowest BCUT2D eigenvalue weighted by molar-refractivity contribution is 0.0922. The van der Waals surface area contributed by atoms with E-state index in [0.717, 1.165) is 55.5 Å². The zero-order valence-corrected chi connectivity index (χ0v) is 16.7. The van der Waals surface area contributed by atoms with Crippen LogP contribution in [0.25, 0.3) is 0 Å². The summed E-state index contributed by atoms with van der Waals surface area (Å²) < 4.78 is 0. The molecule has 0 unspecified atom stereocenters. The number of rotatable bonds is 4. The molecule has 0 atom stereocenters. The number of hydrogen-bond donors (Lipinski definition) is 1. The lowest BCUT2D eigenvalue weighted by atomic mass is 9.95. The van der Waals surface area contributed by atoms with Gasteiger partial charge in [0.1, 0.15) is 11.5 Å². The van der Waals surface area contributed by atoms with Gasteiger partial charge in [0.25, 0.3) is 5.91 Å². The van der Waals surface area contributed by atoms with Gasteiger partial charge in [-0.25, -0.2) is 9.97 Å². The lowest BCUT2D eigenvalue weighted by Gasteiger charge is -2.36. The number of amides is 1. The number of piperazine rings is 1. The Balaban J connectivity index is 1.32. The number of halogens is 1. The third-order valence-corrected chi connectivity index (χ3v) is 5.82. The van der Waals surface area contributed by atoms with Gasteiger partial charge in [-0.3, -0.25) is 4.79 Å². The molecule has 2 aromatic rings. The van der Waals surface area contributed by atoms with E-state index >= 15 is 0 Å². The minimum atomic E-state index is -0.114. The monoisotopic (exact) mass is 399 g/mol. The number of anilines is 2. The first-order valence-electron chi connectivity index (χ1n) is 10.1. The molecule has 1 aliphatic carbocycles. The molecule has 1 aliphatic heterocycles. The van der Waals surface area contributed by atoms with E-state index in [9.17, 15) is 4.79 Å². The zero-order valence-electron chi connectivity index (χ0n) is 16.0. The minimum absolute atomic E-state index is 0.114. The van der Waals surface area contributed by atoms with Crippen molar-refractivity contribution in [3.63, 3.8) is 0 Å². The normalized spacial score (nSPS) is 18.2. The third-order valence-electron chi connectivity index (χ3n) is 5.59. The van der Waals surface area contributed by atoms with Crippen molar-refractivity contribution in [2.45, 2.75) is 38.1 Å². The van der Waals surface area contributed by atoms with Crippen molar-refractivity contribution in [2.24, 2.45) is 0 Å². The molecule has 1 amide bonds. The highest BCUT2D eigenvalue weighted by atomic mass is 35.5. The number of carbonyl (C=O) groups excluding carboxylic acids is 1. The van der Waals surface area contributed by atoms with Crippen LogP contribution >= 0.6 is 11.6 Å². The van der Waals surface area contributed by atoms with Crippen molar-refractivity contribution in [1.29, 1.82) is 0 Å². The maximum atomic E-state index is 12.4. The fourth-order valence-corrected chi connectivity index (χ4v) is 4.16.